The Morgan fingerprint density at radius 3 is 2.72 bits per heavy atom. The zero-order valence-corrected chi connectivity index (χ0v) is 12.0. The van der Waals surface area contributed by atoms with Crippen LogP contribution in [0.1, 0.15) is 36.4 Å². The lowest BCUT2D eigenvalue weighted by molar-refractivity contribution is -0.129. The highest BCUT2D eigenvalue weighted by Gasteiger charge is 2.46. The van der Waals surface area contributed by atoms with Crippen molar-refractivity contribution < 1.29 is 4.79 Å². The number of carbonyl (C=O) groups is 1. The second-order valence-electron chi connectivity index (χ2n) is 5.37. The van der Waals surface area contributed by atoms with E-state index in [-0.39, 0.29) is 18.0 Å². The highest BCUT2D eigenvalue weighted by molar-refractivity contribution is 9.10. The molecular formula is C14H17BrN2O. The maximum absolute atomic E-state index is 12.1. The van der Waals surface area contributed by atoms with Gasteiger partial charge in [0.2, 0.25) is 5.91 Å². The van der Waals surface area contributed by atoms with E-state index in [1.165, 1.54) is 5.56 Å². The maximum atomic E-state index is 12.1. The molecule has 18 heavy (non-hydrogen) atoms. The second kappa shape index (κ2) is 4.35. The monoisotopic (exact) mass is 308 g/mol. The Morgan fingerprint density at radius 2 is 2.11 bits per heavy atom. The third-order valence-corrected chi connectivity index (χ3v) is 4.51. The van der Waals surface area contributed by atoms with Crippen LogP contribution in [-0.4, -0.2) is 22.9 Å². The summed E-state index contributed by atoms with van der Waals surface area (Å²) in [5.41, 5.74) is 8.54. The maximum Gasteiger partial charge on any atom is 0.225 e. The number of aryl methyl sites for hydroxylation is 1. The van der Waals surface area contributed by atoms with Crippen LogP contribution in [0, 0.1) is 6.92 Å². The summed E-state index contributed by atoms with van der Waals surface area (Å²) >= 11 is 3.61. The zero-order chi connectivity index (χ0) is 12.9. The van der Waals surface area contributed by atoms with E-state index >= 15 is 0 Å². The van der Waals surface area contributed by atoms with Gasteiger partial charge in [0.05, 0.1) is 6.04 Å². The summed E-state index contributed by atoms with van der Waals surface area (Å²) < 4.78 is 1.06. The first-order chi connectivity index (χ1) is 8.58. The van der Waals surface area contributed by atoms with E-state index in [1.54, 1.807) is 0 Å². The van der Waals surface area contributed by atoms with Crippen LogP contribution in [-0.2, 0) is 4.79 Å². The third-order valence-electron chi connectivity index (χ3n) is 3.82. The number of hydrogen-bond acceptors (Lipinski definition) is 2. The standard InChI is InChI=1S/C14H17BrN2O/c1-8-2-5-10(11(15)6-8)14-12(16)7-13(18)17(14)9-3-4-9/h2,5-6,9,12,14H,3-4,7,16H2,1H3. The van der Waals surface area contributed by atoms with Gasteiger partial charge in [-0.2, -0.15) is 0 Å². The summed E-state index contributed by atoms with van der Waals surface area (Å²) in [4.78, 5) is 14.1. The van der Waals surface area contributed by atoms with Crippen LogP contribution in [0.3, 0.4) is 0 Å². The van der Waals surface area contributed by atoms with Gasteiger partial charge in [0.1, 0.15) is 0 Å². The molecule has 2 fully saturated rings. The Kier molecular flexibility index (Phi) is 2.94. The van der Waals surface area contributed by atoms with Crippen molar-refractivity contribution in [1.82, 2.24) is 4.90 Å². The first-order valence-corrected chi connectivity index (χ1v) is 7.20. The van der Waals surface area contributed by atoms with Crippen molar-refractivity contribution in [3.8, 4) is 0 Å². The molecule has 2 atom stereocenters. The molecule has 96 valence electrons. The van der Waals surface area contributed by atoms with Gasteiger partial charge in [-0.25, -0.2) is 0 Å². The van der Waals surface area contributed by atoms with Gasteiger partial charge >= 0.3 is 0 Å². The molecule has 0 spiro atoms. The molecule has 2 N–H and O–H groups in total. The molecule has 1 aliphatic carbocycles. The summed E-state index contributed by atoms with van der Waals surface area (Å²) in [7, 11) is 0. The van der Waals surface area contributed by atoms with Crippen molar-refractivity contribution in [2.24, 2.45) is 5.73 Å². The number of amides is 1. The first kappa shape index (κ1) is 12.2. The van der Waals surface area contributed by atoms with Crippen LogP contribution in [0.5, 0.6) is 0 Å². The molecule has 1 aromatic carbocycles. The summed E-state index contributed by atoms with van der Waals surface area (Å²) in [5.74, 6) is 0.211. The number of likely N-dealkylation sites (tertiary alicyclic amines) is 1. The molecule has 3 rings (SSSR count). The predicted molar refractivity (Wildman–Crippen MR) is 74.1 cm³/mol. The van der Waals surface area contributed by atoms with Gasteiger partial charge in [0, 0.05) is 23.0 Å². The van der Waals surface area contributed by atoms with Crippen molar-refractivity contribution in [2.45, 2.75) is 44.3 Å². The predicted octanol–water partition coefficient (Wildman–Crippen LogP) is 2.52. The van der Waals surface area contributed by atoms with Crippen molar-refractivity contribution >= 4 is 21.8 Å². The fourth-order valence-corrected chi connectivity index (χ4v) is 3.54. The number of halogens is 1. The molecule has 1 aromatic rings. The number of hydrogen-bond donors (Lipinski definition) is 1. The Balaban J connectivity index is 2.00. The highest BCUT2D eigenvalue weighted by atomic mass is 79.9. The Labute approximate surface area is 115 Å². The molecule has 1 saturated carbocycles. The Bertz CT molecular complexity index is 499. The lowest BCUT2D eigenvalue weighted by Crippen LogP contribution is -2.34. The van der Waals surface area contributed by atoms with Crippen LogP contribution in [0.25, 0.3) is 0 Å². The number of rotatable bonds is 2. The van der Waals surface area contributed by atoms with E-state index in [9.17, 15) is 4.79 Å². The summed E-state index contributed by atoms with van der Waals surface area (Å²) in [6, 6.07) is 6.65. The van der Waals surface area contributed by atoms with Crippen LogP contribution >= 0.6 is 15.9 Å². The van der Waals surface area contributed by atoms with Crippen LogP contribution < -0.4 is 5.73 Å². The number of nitrogens with zero attached hydrogens (tertiary/aromatic N) is 1. The molecule has 2 aliphatic rings. The van der Waals surface area contributed by atoms with Crippen molar-refractivity contribution in [3.63, 3.8) is 0 Å². The molecule has 1 aliphatic heterocycles. The molecule has 4 heteroatoms. The topological polar surface area (TPSA) is 46.3 Å². The van der Waals surface area contributed by atoms with Gasteiger partial charge in [-0.15, -0.1) is 0 Å². The van der Waals surface area contributed by atoms with E-state index in [0.717, 1.165) is 22.9 Å². The molecule has 2 unspecified atom stereocenters. The lowest BCUT2D eigenvalue weighted by atomic mass is 9.99. The number of carbonyl (C=O) groups excluding carboxylic acids is 1. The molecule has 3 nitrogen and oxygen atoms in total. The normalized spacial score (nSPS) is 27.9. The number of benzene rings is 1. The number of nitrogens with two attached hydrogens (primary N) is 1. The average molecular weight is 309 g/mol. The first-order valence-electron chi connectivity index (χ1n) is 6.40. The minimum atomic E-state index is -0.0860. The Morgan fingerprint density at radius 1 is 1.39 bits per heavy atom. The molecule has 0 radical (unpaired) electrons. The summed E-state index contributed by atoms with van der Waals surface area (Å²) in [5, 5.41) is 0. The van der Waals surface area contributed by atoms with Crippen molar-refractivity contribution in [2.75, 3.05) is 0 Å². The van der Waals surface area contributed by atoms with E-state index in [4.69, 9.17) is 5.73 Å². The molecule has 1 heterocycles. The SMILES string of the molecule is Cc1ccc(C2C(N)CC(=O)N2C2CC2)c(Br)c1. The fourth-order valence-electron chi connectivity index (χ4n) is 2.82. The molecule has 1 amide bonds. The average Bonchev–Trinajstić information content (AvgIpc) is 3.06. The van der Waals surface area contributed by atoms with Gasteiger partial charge in [-0.3, -0.25) is 4.79 Å². The van der Waals surface area contributed by atoms with E-state index in [1.807, 2.05) is 4.90 Å². The fraction of sp³-hybridized carbons (Fsp3) is 0.500. The molecular weight excluding hydrogens is 292 g/mol. The zero-order valence-electron chi connectivity index (χ0n) is 10.4. The molecule has 1 saturated heterocycles. The summed E-state index contributed by atoms with van der Waals surface area (Å²) in [6.45, 7) is 2.06. The molecule has 0 bridgehead atoms. The smallest absolute Gasteiger partial charge is 0.225 e. The van der Waals surface area contributed by atoms with Gasteiger partial charge in [0.15, 0.2) is 0 Å². The minimum Gasteiger partial charge on any atom is -0.331 e. The second-order valence-corrected chi connectivity index (χ2v) is 6.22. The van der Waals surface area contributed by atoms with E-state index < -0.39 is 0 Å². The van der Waals surface area contributed by atoms with Gasteiger partial charge < -0.3 is 10.6 Å². The largest absolute Gasteiger partial charge is 0.331 e. The quantitative estimate of drug-likeness (QED) is 0.912. The van der Waals surface area contributed by atoms with Gasteiger partial charge in [0.25, 0.3) is 0 Å². The lowest BCUT2D eigenvalue weighted by Gasteiger charge is -2.28. The van der Waals surface area contributed by atoms with E-state index in [2.05, 4.69) is 41.1 Å². The van der Waals surface area contributed by atoms with Crippen molar-refractivity contribution in [3.05, 3.63) is 33.8 Å². The minimum absolute atomic E-state index is 0.0416. The van der Waals surface area contributed by atoms with Crippen molar-refractivity contribution in [1.29, 1.82) is 0 Å². The van der Waals surface area contributed by atoms with Crippen LogP contribution in [0.2, 0.25) is 0 Å². The third kappa shape index (κ3) is 1.97. The summed E-state index contributed by atoms with van der Waals surface area (Å²) in [6.07, 6.45) is 2.72. The van der Waals surface area contributed by atoms with E-state index in [0.29, 0.717) is 12.5 Å². The van der Waals surface area contributed by atoms with Gasteiger partial charge in [-0.05, 0) is 37.0 Å². The van der Waals surface area contributed by atoms with Gasteiger partial charge in [-0.1, -0.05) is 28.1 Å². The molecule has 0 aromatic heterocycles. The van der Waals surface area contributed by atoms with Crippen LogP contribution in [0.4, 0.5) is 0 Å². The van der Waals surface area contributed by atoms with Crippen LogP contribution in [0.15, 0.2) is 22.7 Å². The Hall–Kier alpha value is -0.870. The highest BCUT2D eigenvalue weighted by Crippen LogP contribution is 2.43.